The molecule has 2 aliphatic rings. The Balaban J connectivity index is 1.57. The molecule has 2 aromatic carbocycles. The molecule has 7 heteroatoms. The van der Waals surface area contributed by atoms with Crippen LogP contribution >= 0.6 is 0 Å². The van der Waals surface area contributed by atoms with Crippen LogP contribution in [0.15, 0.2) is 85.1 Å². The van der Waals surface area contributed by atoms with Gasteiger partial charge in [0.05, 0.1) is 0 Å². The maximum Gasteiger partial charge on any atom is 0.251 e. The molecule has 3 aromatic rings. The molecule has 1 aliphatic carbocycles. The second-order valence-corrected chi connectivity index (χ2v) is 9.00. The summed E-state index contributed by atoms with van der Waals surface area (Å²) in [7, 11) is 0. The zero-order valence-electron chi connectivity index (χ0n) is 19.4. The van der Waals surface area contributed by atoms with Gasteiger partial charge in [0, 0.05) is 24.3 Å². The SMILES string of the molecule is O=C(NC1CCC1)C(c1ccccc1)N(C(=O)C1CCC(=O)N1c1ccccn1)c1ccccc1. The number of anilines is 2. The average molecular weight is 469 g/mol. The Kier molecular flexibility index (Phi) is 6.57. The van der Waals surface area contributed by atoms with Crippen LogP contribution in [0.5, 0.6) is 0 Å². The summed E-state index contributed by atoms with van der Waals surface area (Å²) in [6.07, 6.45) is 5.19. The fraction of sp³-hybridized carbons (Fsp3) is 0.286. The molecule has 3 amide bonds. The summed E-state index contributed by atoms with van der Waals surface area (Å²) in [5, 5.41) is 3.14. The summed E-state index contributed by atoms with van der Waals surface area (Å²) < 4.78 is 0. The summed E-state index contributed by atoms with van der Waals surface area (Å²) in [6, 6.07) is 22.4. The number of para-hydroxylation sites is 1. The Morgan fingerprint density at radius 1 is 0.914 bits per heavy atom. The first-order valence-corrected chi connectivity index (χ1v) is 12.1. The second-order valence-electron chi connectivity index (χ2n) is 9.00. The first-order valence-electron chi connectivity index (χ1n) is 12.1. The van der Waals surface area contributed by atoms with Gasteiger partial charge in [0.25, 0.3) is 5.91 Å². The van der Waals surface area contributed by atoms with Gasteiger partial charge in [-0.25, -0.2) is 4.98 Å². The number of amides is 3. The van der Waals surface area contributed by atoms with Gasteiger partial charge in [-0.1, -0.05) is 54.6 Å². The minimum Gasteiger partial charge on any atom is -0.351 e. The smallest absolute Gasteiger partial charge is 0.251 e. The predicted octanol–water partition coefficient (Wildman–Crippen LogP) is 4.02. The van der Waals surface area contributed by atoms with Gasteiger partial charge in [0.15, 0.2) is 0 Å². The van der Waals surface area contributed by atoms with Crippen molar-refractivity contribution in [3.05, 3.63) is 90.6 Å². The van der Waals surface area contributed by atoms with E-state index in [1.54, 1.807) is 29.3 Å². The lowest BCUT2D eigenvalue weighted by Crippen LogP contribution is -2.53. The molecular weight excluding hydrogens is 440 g/mol. The van der Waals surface area contributed by atoms with E-state index in [0.717, 1.165) is 24.8 Å². The monoisotopic (exact) mass is 468 g/mol. The van der Waals surface area contributed by atoms with Crippen molar-refractivity contribution >= 4 is 29.2 Å². The van der Waals surface area contributed by atoms with E-state index >= 15 is 0 Å². The van der Waals surface area contributed by atoms with Gasteiger partial charge >= 0.3 is 0 Å². The molecule has 0 radical (unpaired) electrons. The summed E-state index contributed by atoms with van der Waals surface area (Å²) in [5.74, 6) is -0.223. The number of hydrogen-bond donors (Lipinski definition) is 1. The van der Waals surface area contributed by atoms with Crippen LogP contribution in [0.2, 0.25) is 0 Å². The number of aromatic nitrogens is 1. The molecular formula is C28H28N4O3. The normalized spacial score (nSPS) is 18.6. The lowest BCUT2D eigenvalue weighted by molar-refractivity contribution is -0.128. The number of rotatable bonds is 7. The fourth-order valence-electron chi connectivity index (χ4n) is 4.74. The van der Waals surface area contributed by atoms with Crippen molar-refractivity contribution in [2.75, 3.05) is 9.80 Å². The Hall–Kier alpha value is -4.00. The van der Waals surface area contributed by atoms with Crippen molar-refractivity contribution in [1.29, 1.82) is 0 Å². The highest BCUT2D eigenvalue weighted by Crippen LogP contribution is 2.34. The van der Waals surface area contributed by atoms with E-state index in [1.165, 1.54) is 4.90 Å². The fourth-order valence-corrected chi connectivity index (χ4v) is 4.74. The summed E-state index contributed by atoms with van der Waals surface area (Å²) in [6.45, 7) is 0. The first-order chi connectivity index (χ1) is 17.1. The molecule has 178 valence electrons. The minimum absolute atomic E-state index is 0.125. The molecule has 7 nitrogen and oxygen atoms in total. The molecule has 35 heavy (non-hydrogen) atoms. The summed E-state index contributed by atoms with van der Waals surface area (Å²) >= 11 is 0. The minimum atomic E-state index is -0.868. The number of pyridine rings is 1. The number of nitrogens with zero attached hydrogens (tertiary/aromatic N) is 3. The van der Waals surface area contributed by atoms with E-state index in [1.807, 2.05) is 60.7 Å². The number of nitrogens with one attached hydrogen (secondary N) is 1. The van der Waals surface area contributed by atoms with Crippen LogP contribution in [0, 0.1) is 0 Å². The van der Waals surface area contributed by atoms with E-state index < -0.39 is 12.1 Å². The third-order valence-corrected chi connectivity index (χ3v) is 6.74. The largest absolute Gasteiger partial charge is 0.351 e. The Bertz CT molecular complexity index is 1180. The van der Waals surface area contributed by atoms with Gasteiger partial charge < -0.3 is 5.32 Å². The number of hydrogen-bond acceptors (Lipinski definition) is 4. The van der Waals surface area contributed by atoms with Gasteiger partial charge in [-0.2, -0.15) is 0 Å². The first kappa shape index (κ1) is 22.8. The number of benzene rings is 2. The Morgan fingerprint density at radius 3 is 2.23 bits per heavy atom. The van der Waals surface area contributed by atoms with Crippen LogP contribution in [0.3, 0.4) is 0 Å². The maximum absolute atomic E-state index is 14.3. The molecule has 0 bridgehead atoms. The van der Waals surface area contributed by atoms with Crippen LogP contribution in [0.4, 0.5) is 11.5 Å². The average Bonchev–Trinajstić information content (AvgIpc) is 3.27. The van der Waals surface area contributed by atoms with Crippen molar-refractivity contribution in [1.82, 2.24) is 10.3 Å². The zero-order valence-corrected chi connectivity index (χ0v) is 19.4. The number of carbonyl (C=O) groups is 3. The molecule has 0 spiro atoms. The lowest BCUT2D eigenvalue weighted by Gasteiger charge is -2.37. The van der Waals surface area contributed by atoms with Crippen molar-refractivity contribution < 1.29 is 14.4 Å². The molecule has 1 saturated carbocycles. The zero-order chi connectivity index (χ0) is 24.2. The molecule has 2 heterocycles. The lowest BCUT2D eigenvalue weighted by atomic mass is 9.92. The molecule has 1 N–H and O–H groups in total. The van der Waals surface area contributed by atoms with E-state index in [4.69, 9.17) is 0 Å². The molecule has 2 unspecified atom stereocenters. The van der Waals surface area contributed by atoms with Gasteiger partial charge in [-0.15, -0.1) is 0 Å². The second kappa shape index (κ2) is 10.1. The van der Waals surface area contributed by atoms with Crippen molar-refractivity contribution in [2.24, 2.45) is 0 Å². The summed E-state index contributed by atoms with van der Waals surface area (Å²) in [4.78, 5) is 48.2. The van der Waals surface area contributed by atoms with E-state index in [2.05, 4.69) is 10.3 Å². The van der Waals surface area contributed by atoms with Crippen molar-refractivity contribution in [3.63, 3.8) is 0 Å². The highest BCUT2D eigenvalue weighted by atomic mass is 16.2. The third-order valence-electron chi connectivity index (χ3n) is 6.74. The van der Waals surface area contributed by atoms with Crippen molar-refractivity contribution in [2.45, 2.75) is 50.2 Å². The molecule has 2 fully saturated rings. The van der Waals surface area contributed by atoms with Crippen LogP contribution in [0.25, 0.3) is 0 Å². The molecule has 1 saturated heterocycles. The van der Waals surface area contributed by atoms with Crippen LogP contribution in [-0.4, -0.2) is 34.8 Å². The molecule has 1 aliphatic heterocycles. The molecule has 2 atom stereocenters. The van der Waals surface area contributed by atoms with E-state index in [0.29, 0.717) is 17.9 Å². The maximum atomic E-state index is 14.3. The van der Waals surface area contributed by atoms with Gasteiger partial charge in [-0.3, -0.25) is 24.2 Å². The predicted molar refractivity (Wildman–Crippen MR) is 134 cm³/mol. The van der Waals surface area contributed by atoms with E-state index in [9.17, 15) is 14.4 Å². The molecule has 1 aromatic heterocycles. The molecule has 5 rings (SSSR count). The van der Waals surface area contributed by atoms with Gasteiger partial charge in [-0.05, 0) is 55.5 Å². The Labute approximate surface area is 204 Å². The third kappa shape index (κ3) is 4.67. The topological polar surface area (TPSA) is 82.6 Å². The van der Waals surface area contributed by atoms with Crippen LogP contribution < -0.4 is 15.1 Å². The van der Waals surface area contributed by atoms with Crippen LogP contribution in [0.1, 0.15) is 43.7 Å². The Morgan fingerprint density at radius 2 is 1.60 bits per heavy atom. The summed E-state index contributed by atoms with van der Waals surface area (Å²) in [5.41, 5.74) is 1.32. The van der Waals surface area contributed by atoms with Gasteiger partial charge in [0.2, 0.25) is 11.8 Å². The van der Waals surface area contributed by atoms with E-state index in [-0.39, 0.29) is 30.2 Å². The quantitative estimate of drug-likeness (QED) is 0.568. The van der Waals surface area contributed by atoms with Crippen LogP contribution in [-0.2, 0) is 14.4 Å². The number of carbonyl (C=O) groups excluding carboxylic acids is 3. The highest BCUT2D eigenvalue weighted by Gasteiger charge is 2.44. The van der Waals surface area contributed by atoms with Crippen molar-refractivity contribution in [3.8, 4) is 0 Å². The highest BCUT2D eigenvalue weighted by molar-refractivity contribution is 6.10. The van der Waals surface area contributed by atoms with Gasteiger partial charge in [0.1, 0.15) is 17.9 Å². The standard InChI is InChI=1S/C28H28N4O3/c33-25-18-17-23(32(25)24-16-7-8-19-29-24)28(35)31(22-14-5-2-6-15-22)26(20-10-3-1-4-11-20)27(34)30-21-12-9-13-21/h1-8,10-11,14-16,19,21,23,26H,9,12-13,17-18H2,(H,30,34).